The molecule has 3 rings (SSSR count). The van der Waals surface area contributed by atoms with Gasteiger partial charge < -0.3 is 21.5 Å². The highest BCUT2D eigenvalue weighted by molar-refractivity contribution is 6.30. The summed E-state index contributed by atoms with van der Waals surface area (Å²) >= 11 is 0. The summed E-state index contributed by atoms with van der Waals surface area (Å²) in [5.41, 5.74) is -0.333. The van der Waals surface area contributed by atoms with Gasteiger partial charge in [0, 0.05) is 17.2 Å². The smallest absolute Gasteiger partial charge is 0.198 e. The molecular weight excluding hydrogens is 262 g/mol. The molecule has 0 aliphatic heterocycles. The maximum Gasteiger partial charge on any atom is 0.198 e. The van der Waals surface area contributed by atoms with Crippen LogP contribution in [0.4, 0.5) is 0 Å². The van der Waals surface area contributed by atoms with Crippen molar-refractivity contribution in [2.45, 2.75) is 0 Å². The second-order valence-electron chi connectivity index (χ2n) is 4.22. The number of phenolic OH excluding ortho intramolecular Hbond substituents is 3. The number of carbonyl (C=O) groups is 2. The average Bonchev–Trinajstić information content (AvgIpc) is 2.40. The van der Waals surface area contributed by atoms with E-state index in [-0.39, 0.29) is 28.4 Å². The van der Waals surface area contributed by atoms with Crippen LogP contribution in [0.3, 0.4) is 0 Å². The van der Waals surface area contributed by atoms with Crippen LogP contribution in [0.25, 0.3) is 0 Å². The predicted octanol–water partition coefficient (Wildman–Crippen LogP) is 1.74. The molecule has 0 unspecified atom stereocenters. The normalized spacial score (nSPS) is 12.4. The summed E-state index contributed by atoms with van der Waals surface area (Å²) in [5.74, 6) is -3.03. The van der Waals surface area contributed by atoms with Crippen LogP contribution >= 0.6 is 0 Å². The fourth-order valence-corrected chi connectivity index (χ4v) is 2.24. The van der Waals surface area contributed by atoms with Gasteiger partial charge in [-0.25, -0.2) is 0 Å². The van der Waals surface area contributed by atoms with Gasteiger partial charge >= 0.3 is 0 Å². The first-order valence-corrected chi connectivity index (χ1v) is 5.48. The van der Waals surface area contributed by atoms with E-state index in [1.54, 1.807) is 12.1 Å². The highest BCUT2D eigenvalue weighted by atomic mass is 16.3. The fourth-order valence-electron chi connectivity index (χ4n) is 2.24. The number of hydrogen-bond donors (Lipinski definition) is 4. The summed E-state index contributed by atoms with van der Waals surface area (Å²) in [6, 6.07) is 6.97. The van der Waals surface area contributed by atoms with Gasteiger partial charge in [-0.2, -0.15) is 0 Å². The highest BCUT2D eigenvalue weighted by Gasteiger charge is 2.35. The van der Waals surface area contributed by atoms with E-state index < -0.39 is 28.8 Å². The predicted molar refractivity (Wildman–Crippen MR) is 69.8 cm³/mol. The van der Waals surface area contributed by atoms with E-state index in [0.717, 1.165) is 6.07 Å². The molecule has 6 heteroatoms. The third-order valence-electron chi connectivity index (χ3n) is 3.13. The van der Waals surface area contributed by atoms with E-state index in [9.17, 15) is 24.9 Å². The molecule has 0 saturated heterocycles. The fraction of sp³-hybridized carbons (Fsp3) is 0. The van der Waals surface area contributed by atoms with Gasteiger partial charge in [-0.1, -0.05) is 24.3 Å². The van der Waals surface area contributed by atoms with Gasteiger partial charge in [0.15, 0.2) is 23.1 Å². The first-order chi connectivity index (χ1) is 9.02. The van der Waals surface area contributed by atoms with Crippen LogP contribution < -0.4 is 6.15 Å². The van der Waals surface area contributed by atoms with E-state index in [1.165, 1.54) is 12.1 Å². The van der Waals surface area contributed by atoms with Gasteiger partial charge in [0.25, 0.3) is 0 Å². The quantitative estimate of drug-likeness (QED) is 0.364. The molecule has 0 aromatic heterocycles. The number of carbonyl (C=O) groups excluding carboxylic acids is 2. The third kappa shape index (κ3) is 1.55. The van der Waals surface area contributed by atoms with Crippen molar-refractivity contribution in [3.05, 3.63) is 52.6 Å². The summed E-state index contributed by atoms with van der Waals surface area (Å²) in [6.07, 6.45) is 0. The Hall–Kier alpha value is -2.86. The molecule has 2 aromatic carbocycles. The lowest BCUT2D eigenvalue weighted by molar-refractivity contribution is 0.0973. The second-order valence-corrected chi connectivity index (χ2v) is 4.22. The summed E-state index contributed by atoms with van der Waals surface area (Å²) in [7, 11) is 0. The summed E-state index contributed by atoms with van der Waals surface area (Å²) < 4.78 is 0. The molecule has 0 heterocycles. The van der Waals surface area contributed by atoms with Crippen molar-refractivity contribution in [2.75, 3.05) is 0 Å². The zero-order valence-corrected chi connectivity index (χ0v) is 10.3. The first kappa shape index (κ1) is 13.6. The van der Waals surface area contributed by atoms with Crippen LogP contribution in [0.2, 0.25) is 0 Å². The molecule has 0 atom stereocenters. The van der Waals surface area contributed by atoms with Crippen LogP contribution in [-0.2, 0) is 0 Å². The molecular formula is C14H11NO5. The lowest BCUT2D eigenvalue weighted by Gasteiger charge is -2.19. The molecule has 0 radical (unpaired) electrons. The standard InChI is InChI=1S/C14H8O5.H3N/c15-8-5-9(16)14(19)11-10(8)12(17)6-3-1-2-4-7(6)13(11)18;/h1-5,15-16,19H;1H3. The van der Waals surface area contributed by atoms with E-state index in [1.807, 2.05) is 0 Å². The van der Waals surface area contributed by atoms with Crippen molar-refractivity contribution in [2.24, 2.45) is 0 Å². The van der Waals surface area contributed by atoms with Gasteiger partial charge in [0.1, 0.15) is 5.75 Å². The van der Waals surface area contributed by atoms with Crippen LogP contribution in [0.1, 0.15) is 31.8 Å². The molecule has 6 N–H and O–H groups in total. The Balaban J connectivity index is 0.00000147. The number of phenols is 3. The zero-order valence-electron chi connectivity index (χ0n) is 10.3. The molecule has 0 bridgehead atoms. The van der Waals surface area contributed by atoms with Crippen molar-refractivity contribution in [1.82, 2.24) is 6.15 Å². The SMILES string of the molecule is N.O=C1c2ccccc2C(=O)c2c(O)c(O)cc(O)c21. The third-order valence-corrected chi connectivity index (χ3v) is 3.13. The Morgan fingerprint density at radius 1 is 0.750 bits per heavy atom. The van der Waals surface area contributed by atoms with E-state index >= 15 is 0 Å². The Morgan fingerprint density at radius 3 is 1.80 bits per heavy atom. The number of hydrogen-bond acceptors (Lipinski definition) is 6. The minimum Gasteiger partial charge on any atom is -0.507 e. The maximum absolute atomic E-state index is 12.2. The molecule has 6 nitrogen and oxygen atoms in total. The molecule has 0 saturated carbocycles. The number of fused-ring (bicyclic) bond motifs is 2. The Labute approximate surface area is 113 Å². The molecule has 2 aromatic rings. The van der Waals surface area contributed by atoms with Crippen molar-refractivity contribution < 1.29 is 24.9 Å². The number of rotatable bonds is 0. The van der Waals surface area contributed by atoms with Crippen LogP contribution in [-0.4, -0.2) is 26.9 Å². The van der Waals surface area contributed by atoms with E-state index in [0.29, 0.717) is 0 Å². The van der Waals surface area contributed by atoms with Gasteiger partial charge in [-0.3, -0.25) is 9.59 Å². The first-order valence-electron chi connectivity index (χ1n) is 5.48. The maximum atomic E-state index is 12.2. The van der Waals surface area contributed by atoms with Crippen molar-refractivity contribution >= 4 is 11.6 Å². The lowest BCUT2D eigenvalue weighted by atomic mass is 9.83. The Morgan fingerprint density at radius 2 is 1.25 bits per heavy atom. The zero-order chi connectivity index (χ0) is 13.7. The van der Waals surface area contributed by atoms with E-state index in [2.05, 4.69) is 0 Å². The molecule has 0 spiro atoms. The van der Waals surface area contributed by atoms with Crippen LogP contribution in [0.15, 0.2) is 30.3 Å². The number of ketones is 2. The number of aromatic hydroxyl groups is 3. The van der Waals surface area contributed by atoms with Crippen LogP contribution in [0, 0.1) is 0 Å². The molecule has 0 amide bonds. The Bertz CT molecular complexity index is 751. The minimum atomic E-state index is -0.694. The number of benzene rings is 2. The van der Waals surface area contributed by atoms with Gasteiger partial charge in [-0.15, -0.1) is 0 Å². The topological polar surface area (TPSA) is 130 Å². The summed E-state index contributed by atoms with van der Waals surface area (Å²) in [5, 5.41) is 28.9. The summed E-state index contributed by atoms with van der Waals surface area (Å²) in [4.78, 5) is 24.5. The highest BCUT2D eigenvalue weighted by Crippen LogP contribution is 2.42. The van der Waals surface area contributed by atoms with Crippen molar-refractivity contribution in [1.29, 1.82) is 0 Å². The van der Waals surface area contributed by atoms with Crippen molar-refractivity contribution in [3.8, 4) is 17.2 Å². The molecule has 1 aliphatic carbocycles. The van der Waals surface area contributed by atoms with Crippen LogP contribution in [0.5, 0.6) is 17.2 Å². The van der Waals surface area contributed by atoms with Gasteiger partial charge in [0.05, 0.1) is 11.1 Å². The van der Waals surface area contributed by atoms with E-state index in [4.69, 9.17) is 0 Å². The van der Waals surface area contributed by atoms with Crippen molar-refractivity contribution in [3.63, 3.8) is 0 Å². The largest absolute Gasteiger partial charge is 0.507 e. The summed E-state index contributed by atoms with van der Waals surface area (Å²) in [6.45, 7) is 0. The molecule has 20 heavy (non-hydrogen) atoms. The Kier molecular flexibility index (Phi) is 2.96. The monoisotopic (exact) mass is 273 g/mol. The second kappa shape index (κ2) is 4.36. The minimum absolute atomic E-state index is 0. The lowest BCUT2D eigenvalue weighted by Crippen LogP contribution is -2.21. The molecule has 102 valence electrons. The van der Waals surface area contributed by atoms with Gasteiger partial charge in [0.2, 0.25) is 0 Å². The van der Waals surface area contributed by atoms with Gasteiger partial charge in [-0.05, 0) is 0 Å². The average molecular weight is 273 g/mol. The molecule has 0 fully saturated rings. The molecule has 1 aliphatic rings.